The Morgan fingerprint density at radius 1 is 1.25 bits per heavy atom. The molecule has 1 heterocycles. The second kappa shape index (κ2) is 6.48. The minimum absolute atomic E-state index is 0.178. The zero-order chi connectivity index (χ0) is 14.5. The summed E-state index contributed by atoms with van der Waals surface area (Å²) in [4.78, 5) is 6.48. The minimum atomic E-state index is -0.178. The second-order valence-corrected chi connectivity index (χ2v) is 4.95. The zero-order valence-corrected chi connectivity index (χ0v) is 12.2. The van der Waals surface area contributed by atoms with Crippen molar-refractivity contribution in [1.82, 2.24) is 10.3 Å². The molecule has 0 aliphatic heterocycles. The average Bonchev–Trinajstić information content (AvgIpc) is 2.41. The highest BCUT2D eigenvalue weighted by Gasteiger charge is 2.08. The molecule has 0 fully saturated rings. The minimum Gasteiger partial charge on any atom is -0.355 e. The number of halogens is 1. The van der Waals surface area contributed by atoms with Gasteiger partial charge in [-0.2, -0.15) is 0 Å². The monoisotopic (exact) mass is 273 g/mol. The Kier molecular flexibility index (Phi) is 4.69. The third-order valence-electron chi connectivity index (χ3n) is 3.14. The SMILES string of the molecule is CNCc1cc(C)nc(N(C)Cc2ccccc2F)c1. The summed E-state index contributed by atoms with van der Waals surface area (Å²) >= 11 is 0. The molecule has 1 aromatic carbocycles. The Morgan fingerprint density at radius 3 is 2.70 bits per heavy atom. The predicted molar refractivity (Wildman–Crippen MR) is 80.2 cm³/mol. The first-order valence-corrected chi connectivity index (χ1v) is 6.67. The molecule has 0 atom stereocenters. The van der Waals surface area contributed by atoms with E-state index in [4.69, 9.17) is 0 Å². The Hall–Kier alpha value is -1.94. The van der Waals surface area contributed by atoms with Crippen LogP contribution < -0.4 is 10.2 Å². The van der Waals surface area contributed by atoms with Gasteiger partial charge in [0.2, 0.25) is 0 Å². The third kappa shape index (κ3) is 3.54. The summed E-state index contributed by atoms with van der Waals surface area (Å²) < 4.78 is 13.7. The van der Waals surface area contributed by atoms with E-state index in [1.165, 1.54) is 11.6 Å². The largest absolute Gasteiger partial charge is 0.355 e. The van der Waals surface area contributed by atoms with Crippen molar-refractivity contribution in [3.63, 3.8) is 0 Å². The van der Waals surface area contributed by atoms with Crippen LogP contribution in [0.4, 0.5) is 10.2 Å². The molecule has 0 saturated heterocycles. The average molecular weight is 273 g/mol. The Morgan fingerprint density at radius 2 is 2.00 bits per heavy atom. The van der Waals surface area contributed by atoms with Crippen molar-refractivity contribution in [2.75, 3.05) is 19.0 Å². The molecule has 0 unspecified atom stereocenters. The van der Waals surface area contributed by atoms with Crippen LogP contribution in [0.15, 0.2) is 36.4 Å². The first-order chi connectivity index (χ1) is 9.60. The zero-order valence-electron chi connectivity index (χ0n) is 12.2. The van der Waals surface area contributed by atoms with Crippen LogP contribution >= 0.6 is 0 Å². The number of pyridine rings is 1. The van der Waals surface area contributed by atoms with Crippen molar-refractivity contribution in [1.29, 1.82) is 0 Å². The number of rotatable bonds is 5. The summed E-state index contributed by atoms with van der Waals surface area (Å²) in [6, 6.07) is 10.9. The second-order valence-electron chi connectivity index (χ2n) is 4.95. The molecule has 2 aromatic rings. The molecule has 0 spiro atoms. The van der Waals surface area contributed by atoms with E-state index in [1.54, 1.807) is 12.1 Å². The molecule has 1 aromatic heterocycles. The van der Waals surface area contributed by atoms with Gasteiger partial charge in [-0.1, -0.05) is 18.2 Å². The van der Waals surface area contributed by atoms with E-state index in [9.17, 15) is 4.39 Å². The fourth-order valence-corrected chi connectivity index (χ4v) is 2.19. The lowest BCUT2D eigenvalue weighted by Gasteiger charge is -2.20. The Bertz CT molecular complexity index is 584. The van der Waals surface area contributed by atoms with Crippen LogP contribution in [0.25, 0.3) is 0 Å². The van der Waals surface area contributed by atoms with E-state index in [2.05, 4.69) is 16.4 Å². The van der Waals surface area contributed by atoms with Gasteiger partial charge in [0, 0.05) is 31.4 Å². The normalized spacial score (nSPS) is 10.6. The summed E-state index contributed by atoms with van der Waals surface area (Å²) in [5.41, 5.74) is 2.82. The number of nitrogens with zero attached hydrogens (tertiary/aromatic N) is 2. The predicted octanol–water partition coefficient (Wildman–Crippen LogP) is 2.88. The van der Waals surface area contributed by atoms with Gasteiger partial charge in [-0.05, 0) is 37.7 Å². The van der Waals surface area contributed by atoms with Gasteiger partial charge in [0.05, 0.1) is 0 Å². The number of benzene rings is 1. The van der Waals surface area contributed by atoms with Crippen molar-refractivity contribution < 1.29 is 4.39 Å². The summed E-state index contributed by atoms with van der Waals surface area (Å²) in [6.45, 7) is 3.27. The van der Waals surface area contributed by atoms with E-state index in [1.807, 2.05) is 38.1 Å². The Labute approximate surface area is 119 Å². The number of anilines is 1. The van der Waals surface area contributed by atoms with Gasteiger partial charge in [0.15, 0.2) is 0 Å². The van der Waals surface area contributed by atoms with E-state index in [-0.39, 0.29) is 5.82 Å². The standard InChI is InChI=1S/C16H20FN3/c1-12-8-13(10-18-2)9-16(19-12)20(3)11-14-6-4-5-7-15(14)17/h4-9,18H,10-11H2,1-3H3. The molecule has 0 radical (unpaired) electrons. The van der Waals surface area contributed by atoms with Gasteiger partial charge in [-0.3, -0.25) is 0 Å². The van der Waals surface area contributed by atoms with Crippen LogP contribution in [0.5, 0.6) is 0 Å². The first kappa shape index (κ1) is 14.5. The van der Waals surface area contributed by atoms with Crippen LogP contribution in [0.2, 0.25) is 0 Å². The highest BCUT2D eigenvalue weighted by molar-refractivity contribution is 5.42. The lowest BCUT2D eigenvalue weighted by molar-refractivity contribution is 0.607. The van der Waals surface area contributed by atoms with Crippen molar-refractivity contribution in [3.8, 4) is 0 Å². The molecule has 0 aliphatic rings. The number of hydrogen-bond acceptors (Lipinski definition) is 3. The van der Waals surface area contributed by atoms with Gasteiger partial charge in [-0.15, -0.1) is 0 Å². The Balaban J connectivity index is 2.20. The molecular weight excluding hydrogens is 253 g/mol. The van der Waals surface area contributed by atoms with Gasteiger partial charge < -0.3 is 10.2 Å². The molecule has 0 bridgehead atoms. The van der Waals surface area contributed by atoms with Crippen molar-refractivity contribution in [3.05, 3.63) is 59.0 Å². The number of aryl methyl sites for hydroxylation is 1. The number of aromatic nitrogens is 1. The molecule has 0 amide bonds. The molecule has 0 saturated carbocycles. The smallest absolute Gasteiger partial charge is 0.129 e. The highest BCUT2D eigenvalue weighted by atomic mass is 19.1. The quantitative estimate of drug-likeness (QED) is 0.908. The summed E-state index contributed by atoms with van der Waals surface area (Å²) in [7, 11) is 3.84. The maximum atomic E-state index is 13.7. The lowest BCUT2D eigenvalue weighted by Crippen LogP contribution is -2.19. The highest BCUT2D eigenvalue weighted by Crippen LogP contribution is 2.17. The van der Waals surface area contributed by atoms with Crippen LogP contribution in [-0.2, 0) is 13.1 Å². The molecule has 4 heteroatoms. The molecule has 2 rings (SSSR count). The van der Waals surface area contributed by atoms with Crippen molar-refractivity contribution in [2.24, 2.45) is 0 Å². The molecule has 106 valence electrons. The van der Waals surface area contributed by atoms with Crippen molar-refractivity contribution >= 4 is 5.82 Å². The van der Waals surface area contributed by atoms with Crippen LogP contribution in [0.3, 0.4) is 0 Å². The van der Waals surface area contributed by atoms with E-state index >= 15 is 0 Å². The fraction of sp³-hybridized carbons (Fsp3) is 0.312. The van der Waals surface area contributed by atoms with Gasteiger partial charge in [-0.25, -0.2) is 9.37 Å². The molecule has 1 N–H and O–H groups in total. The van der Waals surface area contributed by atoms with Crippen LogP contribution in [-0.4, -0.2) is 19.1 Å². The van der Waals surface area contributed by atoms with Gasteiger partial charge in [0.25, 0.3) is 0 Å². The fourth-order valence-electron chi connectivity index (χ4n) is 2.19. The molecule has 0 aliphatic carbocycles. The van der Waals surface area contributed by atoms with Gasteiger partial charge >= 0.3 is 0 Å². The van der Waals surface area contributed by atoms with E-state index < -0.39 is 0 Å². The summed E-state index contributed by atoms with van der Waals surface area (Å²) in [5.74, 6) is 0.681. The summed E-state index contributed by atoms with van der Waals surface area (Å²) in [5, 5.41) is 3.13. The molecule has 3 nitrogen and oxygen atoms in total. The molecular formula is C16H20FN3. The third-order valence-corrected chi connectivity index (χ3v) is 3.14. The maximum Gasteiger partial charge on any atom is 0.129 e. The maximum absolute atomic E-state index is 13.7. The topological polar surface area (TPSA) is 28.2 Å². The first-order valence-electron chi connectivity index (χ1n) is 6.67. The van der Waals surface area contributed by atoms with Crippen LogP contribution in [0.1, 0.15) is 16.8 Å². The van der Waals surface area contributed by atoms with Crippen LogP contribution in [0, 0.1) is 12.7 Å². The number of hydrogen-bond donors (Lipinski definition) is 1. The van der Waals surface area contributed by atoms with E-state index in [0.717, 1.165) is 18.1 Å². The van der Waals surface area contributed by atoms with Crippen molar-refractivity contribution in [2.45, 2.75) is 20.0 Å². The number of nitrogens with one attached hydrogen (secondary N) is 1. The van der Waals surface area contributed by atoms with E-state index in [0.29, 0.717) is 12.1 Å². The molecule has 20 heavy (non-hydrogen) atoms. The van der Waals surface area contributed by atoms with Gasteiger partial charge in [0.1, 0.15) is 11.6 Å². The lowest BCUT2D eigenvalue weighted by atomic mass is 10.2. The summed E-state index contributed by atoms with van der Waals surface area (Å²) in [6.07, 6.45) is 0.